The van der Waals surface area contributed by atoms with E-state index in [9.17, 15) is 13.2 Å². The number of amides is 1. The lowest BCUT2D eigenvalue weighted by molar-refractivity contribution is 0.0277. The van der Waals surface area contributed by atoms with Crippen molar-refractivity contribution >= 4 is 49.8 Å². The number of sulfonamides is 1. The van der Waals surface area contributed by atoms with Crippen molar-refractivity contribution in [2.24, 2.45) is 0 Å². The number of ether oxygens (including phenoxy) is 2. The lowest BCUT2D eigenvalue weighted by Crippen LogP contribution is -2.57. The number of hydrogen-bond donors (Lipinski definition) is 1. The maximum Gasteiger partial charge on any atom is 0.283 e. The van der Waals surface area contributed by atoms with Gasteiger partial charge in [0.15, 0.2) is 5.01 Å². The molecule has 0 aliphatic carbocycles. The fourth-order valence-corrected chi connectivity index (χ4v) is 7.98. The molecule has 3 aromatic rings. The van der Waals surface area contributed by atoms with Gasteiger partial charge in [0.25, 0.3) is 15.9 Å². The summed E-state index contributed by atoms with van der Waals surface area (Å²) in [4.78, 5) is 26.5. The van der Waals surface area contributed by atoms with Gasteiger partial charge in [-0.15, -0.1) is 11.3 Å². The van der Waals surface area contributed by atoms with E-state index in [0.29, 0.717) is 61.4 Å². The highest BCUT2D eigenvalue weighted by Gasteiger charge is 2.38. The summed E-state index contributed by atoms with van der Waals surface area (Å²) in [6.07, 6.45) is 1.37. The summed E-state index contributed by atoms with van der Waals surface area (Å²) in [7, 11) is -3.80. The molecule has 2 saturated heterocycles. The molecular weight excluding hydrogens is 550 g/mol. The van der Waals surface area contributed by atoms with Crippen LogP contribution in [0.25, 0.3) is 10.9 Å². The third kappa shape index (κ3) is 5.23. The van der Waals surface area contributed by atoms with Crippen molar-refractivity contribution < 1.29 is 22.7 Å². The first-order valence-corrected chi connectivity index (χ1v) is 15.5. The SMILES string of the molecule is O=C(c1nc2c(s1)COCC2)N1CCN(S(=O)(=O)c2cc3cc(Cl)ccc3[nH]2)CC1CCN1CCOCC1. The van der Waals surface area contributed by atoms with E-state index >= 15 is 0 Å². The molecule has 13 heteroatoms. The third-order valence-electron chi connectivity index (χ3n) is 7.44. The molecule has 1 unspecified atom stereocenters. The van der Waals surface area contributed by atoms with E-state index in [4.69, 9.17) is 21.1 Å². The highest BCUT2D eigenvalue weighted by atomic mass is 35.5. The highest BCUT2D eigenvalue weighted by molar-refractivity contribution is 7.89. The molecular formula is C25H30ClN5O5S2. The van der Waals surface area contributed by atoms with Crippen LogP contribution in [0, 0.1) is 0 Å². The predicted molar refractivity (Wildman–Crippen MR) is 144 cm³/mol. The Morgan fingerprint density at radius 3 is 2.79 bits per heavy atom. The number of aromatic nitrogens is 2. The number of carbonyl (C=O) groups excluding carboxylic acids is 1. The van der Waals surface area contributed by atoms with Crippen LogP contribution in [0.15, 0.2) is 29.3 Å². The zero-order valence-corrected chi connectivity index (χ0v) is 23.3. The number of nitrogens with one attached hydrogen (secondary N) is 1. The molecule has 1 atom stereocenters. The lowest BCUT2D eigenvalue weighted by atomic mass is 10.1. The number of thiazole rings is 1. The van der Waals surface area contributed by atoms with Gasteiger partial charge in [-0.25, -0.2) is 13.4 Å². The second-order valence-corrected chi connectivity index (χ2v) is 13.2. The Morgan fingerprint density at radius 2 is 1.97 bits per heavy atom. The Balaban J connectivity index is 1.24. The molecule has 0 saturated carbocycles. The van der Waals surface area contributed by atoms with Gasteiger partial charge in [0.05, 0.1) is 37.0 Å². The molecule has 0 radical (unpaired) electrons. The molecule has 38 heavy (non-hydrogen) atoms. The van der Waals surface area contributed by atoms with Crippen LogP contribution in [0.4, 0.5) is 0 Å². The molecule has 0 bridgehead atoms. The van der Waals surface area contributed by atoms with Crippen molar-refractivity contribution in [1.82, 2.24) is 24.1 Å². The molecule has 10 nitrogen and oxygen atoms in total. The van der Waals surface area contributed by atoms with E-state index in [-0.39, 0.29) is 30.1 Å². The highest BCUT2D eigenvalue weighted by Crippen LogP contribution is 2.29. The third-order valence-corrected chi connectivity index (χ3v) is 10.5. The van der Waals surface area contributed by atoms with Gasteiger partial charge in [-0.1, -0.05) is 11.6 Å². The van der Waals surface area contributed by atoms with E-state index in [0.717, 1.165) is 35.6 Å². The summed E-state index contributed by atoms with van der Waals surface area (Å²) in [6.45, 7) is 5.65. The number of piperazine rings is 1. The second kappa shape index (κ2) is 10.8. The molecule has 0 spiro atoms. The average Bonchev–Trinajstić information content (AvgIpc) is 3.56. The second-order valence-electron chi connectivity index (χ2n) is 9.81. The maximum absolute atomic E-state index is 13.7. The molecule has 3 aliphatic rings. The van der Waals surface area contributed by atoms with Crippen molar-refractivity contribution in [2.45, 2.75) is 30.5 Å². The molecule has 5 heterocycles. The van der Waals surface area contributed by atoms with E-state index in [1.54, 1.807) is 24.3 Å². The molecule has 1 amide bonds. The number of rotatable bonds is 6. The van der Waals surface area contributed by atoms with Gasteiger partial charge < -0.3 is 19.4 Å². The number of hydrogen-bond acceptors (Lipinski definition) is 8. The summed E-state index contributed by atoms with van der Waals surface area (Å²) in [5.74, 6) is -0.131. The van der Waals surface area contributed by atoms with Crippen molar-refractivity contribution in [1.29, 1.82) is 0 Å². The maximum atomic E-state index is 13.7. The van der Waals surface area contributed by atoms with Crippen LogP contribution >= 0.6 is 22.9 Å². The fraction of sp³-hybridized carbons (Fsp3) is 0.520. The van der Waals surface area contributed by atoms with Crippen LogP contribution in [0.1, 0.15) is 26.8 Å². The number of aromatic amines is 1. The molecule has 2 aromatic heterocycles. The van der Waals surface area contributed by atoms with Gasteiger partial charge in [0.2, 0.25) is 0 Å². The monoisotopic (exact) mass is 579 g/mol. The zero-order valence-electron chi connectivity index (χ0n) is 20.9. The minimum atomic E-state index is -3.80. The van der Waals surface area contributed by atoms with E-state index in [1.165, 1.54) is 15.6 Å². The van der Waals surface area contributed by atoms with Crippen molar-refractivity contribution in [3.63, 3.8) is 0 Å². The van der Waals surface area contributed by atoms with Crippen LogP contribution in [0.2, 0.25) is 5.02 Å². The van der Waals surface area contributed by atoms with Crippen molar-refractivity contribution in [2.75, 3.05) is 59.1 Å². The Labute approximate surface area is 230 Å². The summed E-state index contributed by atoms with van der Waals surface area (Å²) in [6, 6.07) is 6.60. The van der Waals surface area contributed by atoms with Crippen LogP contribution < -0.4 is 0 Å². The first-order valence-electron chi connectivity index (χ1n) is 12.8. The Hall–Kier alpha value is -2.06. The molecule has 1 aromatic carbocycles. The minimum absolute atomic E-state index is 0.131. The van der Waals surface area contributed by atoms with E-state index < -0.39 is 10.0 Å². The molecule has 3 aliphatic heterocycles. The molecule has 1 N–H and O–H groups in total. The van der Waals surface area contributed by atoms with Crippen LogP contribution in [0.5, 0.6) is 0 Å². The largest absolute Gasteiger partial charge is 0.379 e. The molecule has 204 valence electrons. The Bertz CT molecular complexity index is 1410. The predicted octanol–water partition coefficient (Wildman–Crippen LogP) is 2.59. The van der Waals surface area contributed by atoms with Gasteiger partial charge >= 0.3 is 0 Å². The summed E-state index contributed by atoms with van der Waals surface area (Å²) < 4.78 is 39.9. The summed E-state index contributed by atoms with van der Waals surface area (Å²) >= 11 is 7.49. The van der Waals surface area contributed by atoms with Crippen LogP contribution in [-0.4, -0.2) is 104 Å². The van der Waals surface area contributed by atoms with E-state index in [1.807, 2.05) is 4.90 Å². The van der Waals surface area contributed by atoms with E-state index in [2.05, 4.69) is 14.9 Å². The van der Waals surface area contributed by atoms with Crippen molar-refractivity contribution in [3.05, 3.63) is 44.9 Å². The van der Waals surface area contributed by atoms with Gasteiger partial charge in [-0.2, -0.15) is 4.31 Å². The smallest absolute Gasteiger partial charge is 0.283 e. The first kappa shape index (κ1) is 26.2. The minimum Gasteiger partial charge on any atom is -0.379 e. The molecule has 2 fully saturated rings. The number of carbonyl (C=O) groups is 1. The van der Waals surface area contributed by atoms with Gasteiger partial charge in [-0.3, -0.25) is 9.69 Å². The fourth-order valence-electron chi connectivity index (χ4n) is 5.31. The standard InChI is InChI=1S/C25H30ClN5O5S2/c26-18-1-2-20-17(13-18)14-23(27-20)38(33,34)30-6-7-31(19(15-30)3-5-29-8-11-35-12-9-29)25(32)24-28-21-4-10-36-16-22(21)37-24/h1-2,13-14,19,27H,3-12,15-16H2. The number of H-pyrrole nitrogens is 1. The molecule has 6 rings (SSSR count). The van der Waals surface area contributed by atoms with Gasteiger partial charge in [-0.05, 0) is 30.7 Å². The van der Waals surface area contributed by atoms with Crippen LogP contribution in [-0.2, 0) is 32.5 Å². The number of nitrogens with zero attached hydrogens (tertiary/aromatic N) is 4. The van der Waals surface area contributed by atoms with Crippen LogP contribution in [0.3, 0.4) is 0 Å². The first-order chi connectivity index (χ1) is 18.4. The topological polar surface area (TPSA) is 108 Å². The summed E-state index contributed by atoms with van der Waals surface area (Å²) in [5, 5.41) is 1.88. The average molecular weight is 580 g/mol. The Kier molecular flexibility index (Phi) is 7.47. The number of fused-ring (bicyclic) bond motifs is 2. The summed E-state index contributed by atoms with van der Waals surface area (Å²) in [5.41, 5.74) is 1.65. The normalized spacial score (nSPS) is 21.6. The number of morpholine rings is 1. The van der Waals surface area contributed by atoms with Crippen molar-refractivity contribution in [3.8, 4) is 0 Å². The lowest BCUT2D eigenvalue weighted by Gasteiger charge is -2.41. The quantitative estimate of drug-likeness (QED) is 0.478. The van der Waals surface area contributed by atoms with Gasteiger partial charge in [0, 0.05) is 67.7 Å². The Morgan fingerprint density at radius 1 is 1.13 bits per heavy atom. The number of halogens is 1. The zero-order chi connectivity index (χ0) is 26.3. The van der Waals surface area contributed by atoms with Gasteiger partial charge in [0.1, 0.15) is 5.03 Å². The number of benzene rings is 1.